The molecule has 1 aliphatic heterocycles. The van der Waals surface area contributed by atoms with Crippen molar-refractivity contribution in [3.05, 3.63) is 66.7 Å². The van der Waals surface area contributed by atoms with Crippen molar-refractivity contribution in [2.45, 2.75) is 36.6 Å². The zero-order valence-electron chi connectivity index (χ0n) is 22.5. The number of hydrogen-bond donors (Lipinski definition) is 3. The average molecular weight is 571 g/mol. The second-order valence-electron chi connectivity index (χ2n) is 9.70. The molecule has 0 spiro atoms. The van der Waals surface area contributed by atoms with Crippen LogP contribution in [0.3, 0.4) is 0 Å². The molecule has 1 aliphatic rings. The van der Waals surface area contributed by atoms with Crippen molar-refractivity contribution in [2.24, 2.45) is 0 Å². The van der Waals surface area contributed by atoms with Crippen molar-refractivity contribution in [1.29, 1.82) is 0 Å². The molecule has 2 aromatic carbocycles. The van der Waals surface area contributed by atoms with E-state index in [4.69, 9.17) is 9.47 Å². The number of nitrogens with one attached hydrogen (secondary N) is 2. The molecule has 40 heavy (non-hydrogen) atoms. The van der Waals surface area contributed by atoms with Gasteiger partial charge in [0.15, 0.2) is 14.6 Å². The van der Waals surface area contributed by atoms with Gasteiger partial charge in [-0.3, -0.25) is 4.79 Å². The number of carbonyl (C=O) groups excluding carboxylic acids is 1. The molecule has 0 aliphatic carbocycles. The Morgan fingerprint density at radius 1 is 1.15 bits per heavy atom. The summed E-state index contributed by atoms with van der Waals surface area (Å²) < 4.78 is 37.9. The molecule has 1 amide bonds. The second-order valence-corrected chi connectivity index (χ2v) is 12.1. The van der Waals surface area contributed by atoms with Crippen molar-refractivity contribution in [3.63, 3.8) is 0 Å². The van der Waals surface area contributed by atoms with E-state index in [9.17, 15) is 23.1 Å². The minimum atomic E-state index is -3.95. The number of carboxylic acids is 1. The zero-order chi connectivity index (χ0) is 28.8. The van der Waals surface area contributed by atoms with Crippen LogP contribution in [-0.4, -0.2) is 78.8 Å². The number of methoxy groups -OCH3 is 2. The van der Waals surface area contributed by atoms with Gasteiger partial charge in [0, 0.05) is 31.9 Å². The van der Waals surface area contributed by atoms with Crippen molar-refractivity contribution < 1.29 is 32.6 Å². The second kappa shape index (κ2) is 12.5. The molecule has 0 saturated carbocycles. The lowest BCUT2D eigenvalue weighted by molar-refractivity contribution is -0.142. The van der Waals surface area contributed by atoms with Crippen molar-refractivity contribution in [3.8, 4) is 22.6 Å². The number of piperidine rings is 1. The van der Waals surface area contributed by atoms with Gasteiger partial charge in [-0.1, -0.05) is 30.3 Å². The monoisotopic (exact) mass is 570 g/mol. The lowest BCUT2D eigenvalue weighted by atomic mass is 9.96. The van der Waals surface area contributed by atoms with E-state index in [-0.39, 0.29) is 31.7 Å². The third-order valence-electron chi connectivity index (χ3n) is 7.24. The Labute approximate surface area is 233 Å². The summed E-state index contributed by atoms with van der Waals surface area (Å²) in [5.41, 5.74) is 2.23. The van der Waals surface area contributed by atoms with Crippen LogP contribution in [0.15, 0.2) is 61.2 Å². The highest BCUT2D eigenvalue weighted by Crippen LogP contribution is 2.38. The Morgan fingerprint density at radius 3 is 2.40 bits per heavy atom. The first-order valence-corrected chi connectivity index (χ1v) is 14.6. The largest absolute Gasteiger partial charge is 0.496 e. The van der Waals surface area contributed by atoms with Crippen LogP contribution in [-0.2, 0) is 32.4 Å². The van der Waals surface area contributed by atoms with Gasteiger partial charge in [-0.15, -0.1) is 0 Å². The van der Waals surface area contributed by atoms with Crippen LogP contribution in [0.1, 0.15) is 18.4 Å². The van der Waals surface area contributed by atoms with E-state index in [0.717, 1.165) is 11.1 Å². The minimum Gasteiger partial charge on any atom is -0.496 e. The summed E-state index contributed by atoms with van der Waals surface area (Å²) in [5.74, 6) is -1.07. The van der Waals surface area contributed by atoms with Gasteiger partial charge in [0.1, 0.15) is 17.5 Å². The standard InChI is InChI=1S/C28H34N4O7S/c1-38-23-5-3-6-24(39-2)25(23)21-9-7-20(8-10-21)17-22(26(33)34)31-27(35)28(11-4-12-29-18-28)40(36,37)16-15-32-14-13-30-19-32/h3,5-10,13-14,19,22,29H,4,11-12,15-18H2,1-2H3,(H,31,35)(H,33,34)/t22-,28?/m0/s1. The maximum absolute atomic E-state index is 13.6. The van der Waals surface area contributed by atoms with E-state index in [1.54, 1.807) is 43.3 Å². The fourth-order valence-corrected chi connectivity index (χ4v) is 6.95. The molecule has 0 radical (unpaired) electrons. The molecule has 3 aromatic rings. The SMILES string of the molecule is COc1cccc(OC)c1-c1ccc(C[C@H](NC(=O)C2(S(=O)(=O)CCn3ccnc3)CCCNC2)C(=O)O)cc1. The number of aryl methyl sites for hydroxylation is 1. The Morgan fingerprint density at radius 2 is 1.85 bits per heavy atom. The molecule has 3 N–H and O–H groups in total. The van der Waals surface area contributed by atoms with Gasteiger partial charge in [0.25, 0.3) is 0 Å². The van der Waals surface area contributed by atoms with Gasteiger partial charge in [-0.05, 0) is 42.6 Å². The summed E-state index contributed by atoms with van der Waals surface area (Å²) in [4.78, 5) is 29.7. The molecule has 1 aromatic heterocycles. The minimum absolute atomic E-state index is 0.0248. The van der Waals surface area contributed by atoms with Crippen LogP contribution >= 0.6 is 0 Å². The highest BCUT2D eigenvalue weighted by Gasteiger charge is 2.51. The number of aromatic nitrogens is 2. The van der Waals surface area contributed by atoms with E-state index in [1.807, 2.05) is 30.3 Å². The van der Waals surface area contributed by atoms with Gasteiger partial charge in [0.2, 0.25) is 5.91 Å². The highest BCUT2D eigenvalue weighted by atomic mass is 32.2. The predicted octanol–water partition coefficient (Wildman–Crippen LogP) is 1.92. The quantitative estimate of drug-likeness (QED) is 0.297. The van der Waals surface area contributed by atoms with Gasteiger partial charge < -0.3 is 29.8 Å². The first-order valence-electron chi connectivity index (χ1n) is 12.9. The fraction of sp³-hybridized carbons (Fsp3) is 0.393. The Balaban J connectivity index is 1.53. The molecule has 1 saturated heterocycles. The number of rotatable bonds is 12. The Kier molecular flexibility index (Phi) is 9.10. The number of benzene rings is 2. The van der Waals surface area contributed by atoms with Crippen LogP contribution in [0, 0.1) is 0 Å². The average Bonchev–Trinajstić information content (AvgIpc) is 3.50. The molecule has 1 unspecified atom stereocenters. The zero-order valence-corrected chi connectivity index (χ0v) is 23.3. The molecule has 12 heteroatoms. The van der Waals surface area contributed by atoms with Crippen molar-refractivity contribution >= 4 is 21.7 Å². The summed E-state index contributed by atoms with van der Waals surface area (Å²) in [6, 6.07) is 11.3. The van der Waals surface area contributed by atoms with Gasteiger partial charge in [-0.2, -0.15) is 0 Å². The Hall–Kier alpha value is -3.90. The smallest absolute Gasteiger partial charge is 0.326 e. The first-order chi connectivity index (χ1) is 19.2. The topological polar surface area (TPSA) is 149 Å². The van der Waals surface area contributed by atoms with E-state index >= 15 is 0 Å². The predicted molar refractivity (Wildman–Crippen MR) is 149 cm³/mol. The number of aliphatic carboxylic acids is 1. The van der Waals surface area contributed by atoms with E-state index in [0.29, 0.717) is 30.0 Å². The van der Waals surface area contributed by atoms with Crippen LogP contribution in [0.5, 0.6) is 11.5 Å². The lowest BCUT2D eigenvalue weighted by Crippen LogP contribution is -2.63. The van der Waals surface area contributed by atoms with Gasteiger partial charge >= 0.3 is 5.97 Å². The van der Waals surface area contributed by atoms with Gasteiger partial charge in [0.05, 0.1) is 31.9 Å². The summed E-state index contributed by atoms with van der Waals surface area (Å²) in [7, 11) is -0.816. The molecule has 2 atom stereocenters. The third-order valence-corrected chi connectivity index (χ3v) is 9.69. The van der Waals surface area contributed by atoms with E-state index in [1.165, 1.54) is 6.33 Å². The molecule has 2 heterocycles. The maximum atomic E-state index is 13.6. The molecule has 1 fully saturated rings. The Bertz CT molecular complexity index is 1400. The van der Waals surface area contributed by atoms with Crippen molar-refractivity contribution in [2.75, 3.05) is 33.1 Å². The summed E-state index contributed by atoms with van der Waals surface area (Å²) >= 11 is 0. The van der Waals surface area contributed by atoms with Crippen LogP contribution in [0.2, 0.25) is 0 Å². The number of amides is 1. The van der Waals surface area contributed by atoms with Crippen LogP contribution in [0.4, 0.5) is 0 Å². The molecule has 11 nitrogen and oxygen atoms in total. The summed E-state index contributed by atoms with van der Waals surface area (Å²) in [5, 5.41) is 15.5. The van der Waals surface area contributed by atoms with E-state index < -0.39 is 32.5 Å². The molecule has 4 rings (SSSR count). The number of carbonyl (C=O) groups is 2. The lowest BCUT2D eigenvalue weighted by Gasteiger charge is -2.36. The van der Waals surface area contributed by atoms with Crippen molar-refractivity contribution in [1.82, 2.24) is 20.2 Å². The normalized spacial score (nSPS) is 18.1. The first kappa shape index (κ1) is 29.1. The number of ether oxygens (including phenoxy) is 2. The van der Waals surface area contributed by atoms with E-state index in [2.05, 4.69) is 15.6 Å². The maximum Gasteiger partial charge on any atom is 0.326 e. The molecule has 0 bridgehead atoms. The number of nitrogens with zero attached hydrogens (tertiary/aromatic N) is 2. The van der Waals surface area contributed by atoms with Crippen LogP contribution < -0.4 is 20.1 Å². The number of imidazole rings is 1. The third kappa shape index (κ3) is 6.13. The van der Waals surface area contributed by atoms with Crippen LogP contribution in [0.25, 0.3) is 11.1 Å². The number of hydrogen-bond acceptors (Lipinski definition) is 8. The molecular formula is C28H34N4O7S. The number of sulfone groups is 1. The molecule has 214 valence electrons. The number of carboxylic acid groups (broad SMARTS) is 1. The fourth-order valence-electron chi connectivity index (χ4n) is 4.99. The summed E-state index contributed by atoms with van der Waals surface area (Å²) in [6.07, 6.45) is 5.27. The summed E-state index contributed by atoms with van der Waals surface area (Å²) in [6.45, 7) is 0.647. The highest BCUT2D eigenvalue weighted by molar-refractivity contribution is 7.93. The molecular weight excluding hydrogens is 536 g/mol. The van der Waals surface area contributed by atoms with Gasteiger partial charge in [-0.25, -0.2) is 18.2 Å².